The molecule has 8 nitrogen and oxygen atoms in total. The Bertz CT molecular complexity index is 943. The summed E-state index contributed by atoms with van der Waals surface area (Å²) in [4.78, 5) is 37.8. The Hall–Kier alpha value is -2.58. The lowest BCUT2D eigenvalue weighted by Crippen LogP contribution is -2.51. The molecule has 0 aliphatic carbocycles. The second-order valence-electron chi connectivity index (χ2n) is 9.58. The van der Waals surface area contributed by atoms with Gasteiger partial charge in [0.15, 0.2) is 0 Å². The van der Waals surface area contributed by atoms with Gasteiger partial charge in [-0.3, -0.25) is 14.4 Å². The predicted octanol–water partition coefficient (Wildman–Crippen LogP) is 3.79. The zero-order valence-corrected chi connectivity index (χ0v) is 21.1. The molecule has 0 spiro atoms. The van der Waals surface area contributed by atoms with Gasteiger partial charge in [0.1, 0.15) is 6.04 Å². The molecule has 1 unspecified atom stereocenters. The van der Waals surface area contributed by atoms with Crippen LogP contribution in [0.3, 0.4) is 0 Å². The first-order chi connectivity index (χ1) is 16.0. The number of hydrogen-bond donors (Lipinski definition) is 4. The minimum Gasteiger partial charge on any atom is -0.411 e. The summed E-state index contributed by atoms with van der Waals surface area (Å²) in [6.07, 6.45) is 5.91. The molecule has 1 aliphatic rings. The summed E-state index contributed by atoms with van der Waals surface area (Å²) in [7, 11) is 0. The molecule has 1 fully saturated rings. The van der Waals surface area contributed by atoms with Crippen LogP contribution in [0.25, 0.3) is 6.08 Å². The predicted molar refractivity (Wildman–Crippen MR) is 134 cm³/mol. The molecule has 0 saturated carbocycles. The van der Waals surface area contributed by atoms with Crippen LogP contribution < -0.4 is 16.0 Å². The fourth-order valence-electron chi connectivity index (χ4n) is 3.75. The molecule has 1 saturated heterocycles. The molecule has 1 aromatic rings. The van der Waals surface area contributed by atoms with E-state index in [1.807, 2.05) is 20.8 Å². The highest BCUT2D eigenvalue weighted by Gasteiger charge is 2.31. The molecule has 4 N–H and O–H groups in total. The van der Waals surface area contributed by atoms with Crippen LogP contribution in [0, 0.1) is 11.3 Å². The van der Waals surface area contributed by atoms with E-state index in [0.29, 0.717) is 41.4 Å². The molecule has 0 radical (unpaired) electrons. The van der Waals surface area contributed by atoms with Crippen molar-refractivity contribution in [1.82, 2.24) is 16.0 Å². The highest BCUT2D eigenvalue weighted by molar-refractivity contribution is 6.35. The second-order valence-corrected chi connectivity index (χ2v) is 10.4. The fourth-order valence-corrected chi connectivity index (χ4v) is 4.22. The first kappa shape index (κ1) is 27.7. The minimum absolute atomic E-state index is 0.0503. The molecule has 3 amide bonds. The van der Waals surface area contributed by atoms with Crippen LogP contribution in [-0.2, 0) is 14.4 Å². The van der Waals surface area contributed by atoms with E-state index < -0.39 is 18.0 Å². The quantitative estimate of drug-likeness (QED) is 0.165. The summed E-state index contributed by atoms with van der Waals surface area (Å²) >= 11 is 12.0. The monoisotopic (exact) mass is 510 g/mol. The number of carbonyl (C=O) groups excluding carboxylic acids is 3. The summed E-state index contributed by atoms with van der Waals surface area (Å²) < 4.78 is 0. The largest absolute Gasteiger partial charge is 0.411 e. The van der Waals surface area contributed by atoms with E-state index in [0.717, 1.165) is 0 Å². The van der Waals surface area contributed by atoms with E-state index in [1.54, 1.807) is 24.3 Å². The molecule has 0 aromatic heterocycles. The topological polar surface area (TPSA) is 120 Å². The molecule has 0 bridgehead atoms. The van der Waals surface area contributed by atoms with Gasteiger partial charge in [0.25, 0.3) is 0 Å². The normalized spacial score (nSPS) is 18.1. The van der Waals surface area contributed by atoms with E-state index in [4.69, 9.17) is 28.4 Å². The number of amides is 3. The zero-order valence-electron chi connectivity index (χ0n) is 19.6. The smallest absolute Gasteiger partial charge is 0.244 e. The zero-order chi connectivity index (χ0) is 25.3. The van der Waals surface area contributed by atoms with Crippen molar-refractivity contribution in [2.45, 2.75) is 58.5 Å². The first-order valence-electron chi connectivity index (χ1n) is 11.2. The Morgan fingerprint density at radius 2 is 2.03 bits per heavy atom. The molecular formula is C24H32Cl2N4O4. The molecule has 1 aliphatic heterocycles. The van der Waals surface area contributed by atoms with Crippen LogP contribution >= 0.6 is 23.2 Å². The van der Waals surface area contributed by atoms with Gasteiger partial charge in [-0.15, -0.1) is 5.16 Å². The van der Waals surface area contributed by atoms with Gasteiger partial charge in [0.05, 0.1) is 0 Å². The van der Waals surface area contributed by atoms with Crippen LogP contribution in [0.4, 0.5) is 0 Å². The SMILES string of the molecule is CC(C)(C)C[C@H](NC(=O)/C=C/c1ccc(Cl)cc1Cl)C(=O)NC(C/C=N/O)C[C@@H]1CCNC1=O. The maximum Gasteiger partial charge on any atom is 0.244 e. The molecule has 1 heterocycles. The Morgan fingerprint density at radius 1 is 1.29 bits per heavy atom. The van der Waals surface area contributed by atoms with Crippen molar-refractivity contribution in [3.63, 3.8) is 0 Å². The average Bonchev–Trinajstić information content (AvgIpc) is 3.14. The summed E-state index contributed by atoms with van der Waals surface area (Å²) in [5, 5.41) is 21.2. The Labute approximate surface area is 210 Å². The summed E-state index contributed by atoms with van der Waals surface area (Å²) in [5.41, 5.74) is 0.377. The van der Waals surface area contributed by atoms with Gasteiger partial charge in [-0.2, -0.15) is 0 Å². The van der Waals surface area contributed by atoms with Gasteiger partial charge in [-0.1, -0.05) is 50.0 Å². The number of rotatable bonds is 10. The lowest BCUT2D eigenvalue weighted by atomic mass is 9.87. The van der Waals surface area contributed by atoms with Crippen molar-refractivity contribution in [3.8, 4) is 0 Å². The maximum atomic E-state index is 13.2. The molecule has 10 heteroatoms. The molecular weight excluding hydrogens is 479 g/mol. The lowest BCUT2D eigenvalue weighted by molar-refractivity contribution is -0.128. The van der Waals surface area contributed by atoms with Gasteiger partial charge < -0.3 is 21.2 Å². The van der Waals surface area contributed by atoms with E-state index in [-0.39, 0.29) is 29.6 Å². The van der Waals surface area contributed by atoms with Crippen LogP contribution in [-0.4, -0.2) is 47.8 Å². The van der Waals surface area contributed by atoms with Crippen LogP contribution in [0.5, 0.6) is 0 Å². The van der Waals surface area contributed by atoms with Crippen LogP contribution in [0.15, 0.2) is 29.4 Å². The minimum atomic E-state index is -0.802. The molecule has 1 aromatic carbocycles. The Morgan fingerprint density at radius 3 is 2.62 bits per heavy atom. The van der Waals surface area contributed by atoms with Crippen molar-refractivity contribution in [2.24, 2.45) is 16.5 Å². The van der Waals surface area contributed by atoms with Gasteiger partial charge in [0.2, 0.25) is 17.7 Å². The van der Waals surface area contributed by atoms with E-state index in [1.165, 1.54) is 12.3 Å². The molecule has 34 heavy (non-hydrogen) atoms. The fraction of sp³-hybridized carbons (Fsp3) is 0.500. The number of nitrogens with zero attached hydrogens (tertiary/aromatic N) is 1. The standard InChI is InChI=1S/C24H32Cl2N4O4/c1-24(2,3)14-20(30-21(31)7-5-15-4-6-17(25)13-19(15)26)23(33)29-18(9-11-28-34)12-16-8-10-27-22(16)32/h4-7,11,13,16,18,20,34H,8-10,12,14H2,1-3H3,(H,27,32)(H,29,33)(H,30,31)/b7-5+,28-11+/t16-,18?,20-/m0/s1. The molecule has 2 rings (SSSR count). The van der Waals surface area contributed by atoms with Crippen molar-refractivity contribution in [2.75, 3.05) is 6.54 Å². The number of carbonyl (C=O) groups is 3. The number of benzene rings is 1. The summed E-state index contributed by atoms with van der Waals surface area (Å²) in [6, 6.07) is 3.72. The lowest BCUT2D eigenvalue weighted by Gasteiger charge is -2.28. The summed E-state index contributed by atoms with van der Waals surface area (Å²) in [5.74, 6) is -1.08. The summed E-state index contributed by atoms with van der Waals surface area (Å²) in [6.45, 7) is 6.52. The number of nitrogens with one attached hydrogen (secondary N) is 3. The third-order valence-corrected chi connectivity index (χ3v) is 5.94. The average molecular weight is 511 g/mol. The van der Waals surface area contributed by atoms with E-state index in [2.05, 4.69) is 21.1 Å². The van der Waals surface area contributed by atoms with Crippen molar-refractivity contribution in [3.05, 3.63) is 39.9 Å². The van der Waals surface area contributed by atoms with Crippen molar-refractivity contribution >= 4 is 53.2 Å². The number of hydrogen-bond acceptors (Lipinski definition) is 5. The third kappa shape index (κ3) is 9.35. The van der Waals surface area contributed by atoms with E-state index >= 15 is 0 Å². The Kier molecular flexibility index (Phi) is 10.4. The van der Waals surface area contributed by atoms with E-state index in [9.17, 15) is 14.4 Å². The highest BCUT2D eigenvalue weighted by atomic mass is 35.5. The highest BCUT2D eigenvalue weighted by Crippen LogP contribution is 2.23. The Balaban J connectivity index is 2.10. The number of halogens is 2. The van der Waals surface area contributed by atoms with Gasteiger partial charge in [-0.05, 0) is 48.4 Å². The number of oxime groups is 1. The van der Waals surface area contributed by atoms with Crippen molar-refractivity contribution in [1.29, 1.82) is 0 Å². The van der Waals surface area contributed by atoms with Crippen LogP contribution in [0.2, 0.25) is 10.0 Å². The van der Waals surface area contributed by atoms with Crippen LogP contribution in [0.1, 0.15) is 52.0 Å². The second kappa shape index (κ2) is 12.8. The molecule has 186 valence electrons. The first-order valence-corrected chi connectivity index (χ1v) is 11.9. The third-order valence-electron chi connectivity index (χ3n) is 5.38. The molecule has 3 atom stereocenters. The van der Waals surface area contributed by atoms with Gasteiger partial charge in [-0.25, -0.2) is 0 Å². The maximum absolute atomic E-state index is 13.2. The van der Waals surface area contributed by atoms with Crippen molar-refractivity contribution < 1.29 is 19.6 Å². The van der Waals surface area contributed by atoms with Gasteiger partial charge in [0, 0.05) is 47.3 Å². The van der Waals surface area contributed by atoms with Gasteiger partial charge >= 0.3 is 0 Å².